The minimum absolute atomic E-state index is 0.000960. The molecular formula is C16H22F2N2O3S. The van der Waals surface area contributed by atoms with Crippen LogP contribution >= 0.6 is 11.8 Å². The molecule has 0 saturated carbocycles. The van der Waals surface area contributed by atoms with Crippen molar-refractivity contribution >= 4 is 23.1 Å². The standard InChI is InChI=1S/C16H22F2N2O3S/c17-13-7-11(20-9-12(10-21)23-16(20)22)8-14(18)15(13)19-3-1-5-24-6-2-4-19/h7-8,12,16,21-22H,1-6,9-10H2/t12?,16-/m1/s1. The van der Waals surface area contributed by atoms with Crippen LogP contribution in [0.15, 0.2) is 12.1 Å². The summed E-state index contributed by atoms with van der Waals surface area (Å²) in [7, 11) is 0. The van der Waals surface area contributed by atoms with Crippen molar-refractivity contribution in [2.45, 2.75) is 25.4 Å². The number of ether oxygens (including phenoxy) is 1. The van der Waals surface area contributed by atoms with Gasteiger partial charge < -0.3 is 24.7 Å². The van der Waals surface area contributed by atoms with E-state index < -0.39 is 24.2 Å². The maximum Gasteiger partial charge on any atom is 0.238 e. The van der Waals surface area contributed by atoms with Gasteiger partial charge in [0.15, 0.2) is 11.6 Å². The van der Waals surface area contributed by atoms with Crippen molar-refractivity contribution in [2.75, 3.05) is 47.5 Å². The highest BCUT2D eigenvalue weighted by molar-refractivity contribution is 7.99. The average Bonchev–Trinajstić information content (AvgIpc) is 2.89. The molecule has 0 bridgehead atoms. The van der Waals surface area contributed by atoms with Gasteiger partial charge in [0.2, 0.25) is 6.41 Å². The van der Waals surface area contributed by atoms with Crippen LogP contribution in [0.5, 0.6) is 0 Å². The highest BCUT2D eigenvalue weighted by atomic mass is 32.2. The third-order valence-electron chi connectivity index (χ3n) is 4.27. The zero-order valence-electron chi connectivity index (χ0n) is 13.3. The van der Waals surface area contributed by atoms with E-state index in [-0.39, 0.29) is 24.5 Å². The van der Waals surface area contributed by atoms with Gasteiger partial charge in [-0.1, -0.05) is 0 Å². The molecular weight excluding hydrogens is 338 g/mol. The highest BCUT2D eigenvalue weighted by Crippen LogP contribution is 2.32. The van der Waals surface area contributed by atoms with E-state index in [4.69, 9.17) is 9.84 Å². The highest BCUT2D eigenvalue weighted by Gasteiger charge is 2.32. The van der Waals surface area contributed by atoms with Gasteiger partial charge in [-0.05, 0) is 36.5 Å². The number of thioether (sulfide) groups is 1. The summed E-state index contributed by atoms with van der Waals surface area (Å²) in [4.78, 5) is 3.10. The molecule has 8 heteroatoms. The molecule has 2 aliphatic rings. The monoisotopic (exact) mass is 360 g/mol. The molecule has 2 fully saturated rings. The Labute approximate surface area is 144 Å². The number of aliphatic hydroxyl groups is 2. The number of benzene rings is 1. The van der Waals surface area contributed by atoms with Crippen molar-refractivity contribution in [3.63, 3.8) is 0 Å². The topological polar surface area (TPSA) is 56.2 Å². The van der Waals surface area contributed by atoms with E-state index >= 15 is 0 Å². The van der Waals surface area contributed by atoms with Crippen molar-refractivity contribution in [3.05, 3.63) is 23.8 Å². The summed E-state index contributed by atoms with van der Waals surface area (Å²) in [5.41, 5.74) is 0.207. The molecule has 3 rings (SSSR count). The fourth-order valence-electron chi connectivity index (χ4n) is 3.10. The first-order chi connectivity index (χ1) is 11.6. The Balaban J connectivity index is 1.83. The molecule has 0 amide bonds. The van der Waals surface area contributed by atoms with Crippen molar-refractivity contribution in [2.24, 2.45) is 0 Å². The van der Waals surface area contributed by atoms with Gasteiger partial charge in [0, 0.05) is 18.8 Å². The lowest BCUT2D eigenvalue weighted by Crippen LogP contribution is -2.32. The Morgan fingerprint density at radius 3 is 2.33 bits per heavy atom. The second-order valence-electron chi connectivity index (χ2n) is 5.98. The molecule has 0 aromatic heterocycles. The first-order valence-electron chi connectivity index (χ1n) is 8.13. The Bertz CT molecular complexity index is 547. The normalized spacial score (nSPS) is 25.7. The van der Waals surface area contributed by atoms with Gasteiger partial charge in [0.05, 0.1) is 13.2 Å². The van der Waals surface area contributed by atoms with Crippen LogP contribution in [0.4, 0.5) is 20.2 Å². The lowest BCUT2D eigenvalue weighted by Gasteiger charge is -2.28. The predicted molar refractivity (Wildman–Crippen MR) is 90.4 cm³/mol. The van der Waals surface area contributed by atoms with E-state index in [0.717, 1.165) is 24.3 Å². The average molecular weight is 360 g/mol. The number of anilines is 2. The van der Waals surface area contributed by atoms with Crippen LogP contribution in [-0.4, -0.2) is 60.5 Å². The number of nitrogens with zero attached hydrogens (tertiary/aromatic N) is 2. The van der Waals surface area contributed by atoms with Crippen molar-refractivity contribution in [1.29, 1.82) is 0 Å². The van der Waals surface area contributed by atoms with Crippen LogP contribution in [0.25, 0.3) is 0 Å². The molecule has 5 nitrogen and oxygen atoms in total. The molecule has 1 unspecified atom stereocenters. The molecule has 2 saturated heterocycles. The van der Waals surface area contributed by atoms with Gasteiger partial charge in [-0.2, -0.15) is 11.8 Å². The maximum atomic E-state index is 14.6. The van der Waals surface area contributed by atoms with Crippen LogP contribution < -0.4 is 9.80 Å². The zero-order chi connectivity index (χ0) is 17.1. The third-order valence-corrected chi connectivity index (χ3v) is 5.42. The van der Waals surface area contributed by atoms with Gasteiger partial charge >= 0.3 is 0 Å². The first kappa shape index (κ1) is 17.7. The summed E-state index contributed by atoms with van der Waals surface area (Å²) < 4.78 is 34.3. The minimum atomic E-state index is -1.31. The lowest BCUT2D eigenvalue weighted by molar-refractivity contribution is -0.0989. The zero-order valence-corrected chi connectivity index (χ0v) is 14.1. The largest absolute Gasteiger partial charge is 0.394 e. The van der Waals surface area contributed by atoms with Gasteiger partial charge in [0.25, 0.3) is 0 Å². The Morgan fingerprint density at radius 2 is 1.79 bits per heavy atom. The summed E-state index contributed by atoms with van der Waals surface area (Å²) in [6, 6.07) is 2.44. The van der Waals surface area contributed by atoms with Crippen LogP contribution in [0, 0.1) is 11.6 Å². The molecule has 2 N–H and O–H groups in total. The minimum Gasteiger partial charge on any atom is -0.394 e. The number of aliphatic hydroxyl groups excluding tert-OH is 2. The van der Waals surface area contributed by atoms with Gasteiger partial charge in [-0.25, -0.2) is 8.78 Å². The van der Waals surface area contributed by atoms with Crippen molar-refractivity contribution in [1.82, 2.24) is 0 Å². The van der Waals surface area contributed by atoms with Gasteiger partial charge in [-0.15, -0.1) is 0 Å². The summed E-state index contributed by atoms with van der Waals surface area (Å²) in [6.45, 7) is 1.17. The molecule has 2 aliphatic heterocycles. The summed E-state index contributed by atoms with van der Waals surface area (Å²) in [5, 5.41) is 18.9. The van der Waals surface area contributed by atoms with Crippen molar-refractivity contribution in [3.8, 4) is 0 Å². The Kier molecular flexibility index (Phi) is 5.80. The second kappa shape index (κ2) is 7.86. The van der Waals surface area contributed by atoms with Crippen LogP contribution in [0.1, 0.15) is 12.8 Å². The summed E-state index contributed by atoms with van der Waals surface area (Å²) in [5.74, 6) is 0.714. The molecule has 134 valence electrons. The van der Waals surface area contributed by atoms with Crippen LogP contribution in [0.3, 0.4) is 0 Å². The van der Waals surface area contributed by atoms with E-state index in [2.05, 4.69) is 0 Å². The van der Waals surface area contributed by atoms with Crippen LogP contribution in [-0.2, 0) is 4.74 Å². The van der Waals surface area contributed by atoms with E-state index in [1.165, 1.54) is 17.0 Å². The third kappa shape index (κ3) is 3.77. The lowest BCUT2D eigenvalue weighted by atomic mass is 10.2. The number of hydrogen-bond donors (Lipinski definition) is 2. The van der Waals surface area contributed by atoms with Gasteiger partial charge in [-0.3, -0.25) is 0 Å². The summed E-state index contributed by atoms with van der Waals surface area (Å²) in [6.07, 6.45) is -0.104. The molecule has 2 atom stereocenters. The van der Waals surface area contributed by atoms with E-state index in [0.29, 0.717) is 13.1 Å². The van der Waals surface area contributed by atoms with E-state index in [9.17, 15) is 13.9 Å². The number of hydrogen-bond acceptors (Lipinski definition) is 6. The molecule has 1 aromatic rings. The molecule has 0 spiro atoms. The quantitative estimate of drug-likeness (QED) is 0.857. The van der Waals surface area contributed by atoms with E-state index in [1.54, 1.807) is 4.90 Å². The van der Waals surface area contributed by atoms with E-state index in [1.807, 2.05) is 11.8 Å². The fraction of sp³-hybridized carbons (Fsp3) is 0.625. The van der Waals surface area contributed by atoms with Crippen molar-refractivity contribution < 1.29 is 23.7 Å². The molecule has 0 aliphatic carbocycles. The molecule has 2 heterocycles. The molecule has 24 heavy (non-hydrogen) atoms. The number of halogens is 2. The van der Waals surface area contributed by atoms with Crippen LogP contribution in [0.2, 0.25) is 0 Å². The first-order valence-corrected chi connectivity index (χ1v) is 9.28. The SMILES string of the molecule is OCC1CN(c2cc(F)c(N3CCCSCCC3)c(F)c2)[C@H](O)O1. The second-order valence-corrected chi connectivity index (χ2v) is 7.21. The maximum absolute atomic E-state index is 14.6. The summed E-state index contributed by atoms with van der Waals surface area (Å²) >= 11 is 1.87. The Morgan fingerprint density at radius 1 is 1.17 bits per heavy atom. The molecule has 0 radical (unpaired) electrons. The number of rotatable bonds is 3. The fourth-order valence-corrected chi connectivity index (χ4v) is 3.97. The molecule has 1 aromatic carbocycles. The predicted octanol–water partition coefficient (Wildman–Crippen LogP) is 1.77. The smallest absolute Gasteiger partial charge is 0.238 e. The Hall–Kier alpha value is -1.09. The van der Waals surface area contributed by atoms with Gasteiger partial charge in [0.1, 0.15) is 11.8 Å².